The van der Waals surface area contributed by atoms with Gasteiger partial charge in [0.2, 0.25) is 5.91 Å². The highest BCUT2D eigenvalue weighted by Gasteiger charge is 2.28. The Morgan fingerprint density at radius 3 is 3.12 bits per heavy atom. The molecule has 1 fully saturated rings. The maximum atomic E-state index is 11.8. The van der Waals surface area contributed by atoms with Crippen molar-refractivity contribution in [3.8, 4) is 0 Å². The van der Waals surface area contributed by atoms with E-state index in [0.29, 0.717) is 18.2 Å². The van der Waals surface area contributed by atoms with Crippen LogP contribution in [0.1, 0.15) is 24.8 Å². The molecular weight excluding hydrogens is 206 g/mol. The molecule has 16 heavy (non-hydrogen) atoms. The van der Waals surface area contributed by atoms with Crippen LogP contribution in [0.5, 0.6) is 0 Å². The summed E-state index contributed by atoms with van der Waals surface area (Å²) in [6.45, 7) is 5.27. The molecule has 2 rings (SSSR count). The number of rotatable bonds is 3. The number of carbonyl (C=O) groups excluding carboxylic acids is 1. The molecule has 2 atom stereocenters. The van der Waals surface area contributed by atoms with Crippen LogP contribution in [-0.4, -0.2) is 23.7 Å². The minimum absolute atomic E-state index is 0.0408. The monoisotopic (exact) mass is 223 g/mol. The van der Waals surface area contributed by atoms with Crippen LogP contribution in [0.25, 0.3) is 0 Å². The summed E-state index contributed by atoms with van der Waals surface area (Å²) in [5, 5.41) is 9.80. The second-order valence-corrected chi connectivity index (χ2v) is 4.35. The van der Waals surface area contributed by atoms with Crippen molar-refractivity contribution in [3.63, 3.8) is 0 Å². The maximum absolute atomic E-state index is 11.8. The van der Waals surface area contributed by atoms with Crippen LogP contribution in [0.4, 0.5) is 0 Å². The van der Waals surface area contributed by atoms with Crippen molar-refractivity contribution in [3.05, 3.63) is 17.5 Å². The lowest BCUT2D eigenvalue weighted by atomic mass is 10.0. The molecule has 0 saturated carbocycles. The van der Waals surface area contributed by atoms with Gasteiger partial charge in [0.15, 0.2) is 5.76 Å². The van der Waals surface area contributed by atoms with Gasteiger partial charge in [-0.25, -0.2) is 0 Å². The van der Waals surface area contributed by atoms with E-state index in [4.69, 9.17) is 4.52 Å². The van der Waals surface area contributed by atoms with E-state index in [2.05, 4.69) is 22.7 Å². The molecule has 1 amide bonds. The molecule has 0 radical (unpaired) electrons. The van der Waals surface area contributed by atoms with Gasteiger partial charge in [0.1, 0.15) is 0 Å². The molecule has 5 nitrogen and oxygen atoms in total. The molecule has 0 aromatic carbocycles. The highest BCUT2D eigenvalue weighted by atomic mass is 16.5. The average molecular weight is 223 g/mol. The van der Waals surface area contributed by atoms with Gasteiger partial charge in [-0.3, -0.25) is 4.79 Å². The summed E-state index contributed by atoms with van der Waals surface area (Å²) >= 11 is 0. The molecule has 2 N–H and O–H groups in total. The van der Waals surface area contributed by atoms with Crippen LogP contribution in [0.3, 0.4) is 0 Å². The third-order valence-corrected chi connectivity index (χ3v) is 2.93. The highest BCUT2D eigenvalue weighted by Crippen LogP contribution is 2.14. The van der Waals surface area contributed by atoms with E-state index in [1.807, 2.05) is 13.0 Å². The normalized spacial score (nSPS) is 24.6. The number of aromatic nitrogens is 1. The molecular formula is C11H17N3O2. The lowest BCUT2D eigenvalue weighted by molar-refractivity contribution is -0.123. The Hall–Kier alpha value is -1.36. The first-order valence-corrected chi connectivity index (χ1v) is 5.60. The summed E-state index contributed by atoms with van der Waals surface area (Å²) in [6.07, 6.45) is 1.06. The summed E-state index contributed by atoms with van der Waals surface area (Å²) in [5.41, 5.74) is 0.830. The molecule has 88 valence electrons. The van der Waals surface area contributed by atoms with E-state index in [1.165, 1.54) is 0 Å². The van der Waals surface area contributed by atoms with Gasteiger partial charge >= 0.3 is 0 Å². The number of nitrogens with one attached hydrogen (secondary N) is 2. The fourth-order valence-electron chi connectivity index (χ4n) is 1.97. The lowest BCUT2D eigenvalue weighted by Gasteiger charge is -2.14. The van der Waals surface area contributed by atoms with Gasteiger partial charge in [-0.05, 0) is 25.8 Å². The predicted molar refractivity (Wildman–Crippen MR) is 58.7 cm³/mol. The Balaban J connectivity index is 1.83. The molecule has 1 aromatic rings. The lowest BCUT2D eigenvalue weighted by Crippen LogP contribution is -2.42. The first kappa shape index (κ1) is 11.1. The summed E-state index contributed by atoms with van der Waals surface area (Å²) in [5.74, 6) is 1.13. The van der Waals surface area contributed by atoms with E-state index in [-0.39, 0.29) is 11.9 Å². The van der Waals surface area contributed by atoms with E-state index in [0.717, 1.165) is 18.7 Å². The summed E-state index contributed by atoms with van der Waals surface area (Å²) in [4.78, 5) is 11.8. The van der Waals surface area contributed by atoms with Crippen molar-refractivity contribution in [2.24, 2.45) is 5.92 Å². The fraction of sp³-hybridized carbons (Fsp3) is 0.636. The van der Waals surface area contributed by atoms with Crippen molar-refractivity contribution >= 4 is 5.91 Å². The third kappa shape index (κ3) is 2.41. The number of amides is 1. The Labute approximate surface area is 94.6 Å². The Morgan fingerprint density at radius 1 is 1.75 bits per heavy atom. The van der Waals surface area contributed by atoms with Gasteiger partial charge in [-0.2, -0.15) is 0 Å². The molecule has 0 aliphatic carbocycles. The average Bonchev–Trinajstić information content (AvgIpc) is 2.84. The summed E-state index contributed by atoms with van der Waals surface area (Å²) < 4.78 is 5.02. The first-order valence-electron chi connectivity index (χ1n) is 5.60. The smallest absolute Gasteiger partial charge is 0.237 e. The minimum atomic E-state index is -0.0657. The van der Waals surface area contributed by atoms with Crippen molar-refractivity contribution in [1.82, 2.24) is 15.8 Å². The van der Waals surface area contributed by atoms with E-state index >= 15 is 0 Å². The van der Waals surface area contributed by atoms with Crippen molar-refractivity contribution in [2.75, 3.05) is 6.54 Å². The van der Waals surface area contributed by atoms with Crippen molar-refractivity contribution in [2.45, 2.75) is 32.9 Å². The summed E-state index contributed by atoms with van der Waals surface area (Å²) in [6, 6.07) is 1.76. The van der Waals surface area contributed by atoms with Gasteiger partial charge in [-0.1, -0.05) is 12.1 Å². The molecule has 1 saturated heterocycles. The number of hydrogen-bond acceptors (Lipinski definition) is 4. The Morgan fingerprint density at radius 2 is 2.56 bits per heavy atom. The standard InChI is InChI=1S/C11H17N3O2/c1-7-3-4-12-10(7)11(15)13-6-9-5-8(2)14-16-9/h5,7,10,12H,3-4,6H2,1-2H3,(H,13,15). The van der Waals surface area contributed by atoms with Gasteiger partial charge in [0, 0.05) is 6.07 Å². The number of hydrogen-bond donors (Lipinski definition) is 2. The van der Waals surface area contributed by atoms with Gasteiger partial charge < -0.3 is 15.2 Å². The topological polar surface area (TPSA) is 67.2 Å². The molecule has 0 spiro atoms. The molecule has 2 heterocycles. The summed E-state index contributed by atoms with van der Waals surface area (Å²) in [7, 11) is 0. The van der Waals surface area contributed by atoms with Crippen LogP contribution < -0.4 is 10.6 Å². The third-order valence-electron chi connectivity index (χ3n) is 2.93. The zero-order valence-electron chi connectivity index (χ0n) is 9.62. The quantitative estimate of drug-likeness (QED) is 0.787. The van der Waals surface area contributed by atoms with Crippen LogP contribution in [0, 0.1) is 12.8 Å². The molecule has 2 unspecified atom stereocenters. The van der Waals surface area contributed by atoms with Crippen LogP contribution >= 0.6 is 0 Å². The number of aryl methyl sites for hydroxylation is 1. The Bertz CT molecular complexity index is 375. The predicted octanol–water partition coefficient (Wildman–Crippen LogP) is 0.597. The minimum Gasteiger partial charge on any atom is -0.359 e. The molecule has 0 bridgehead atoms. The molecule has 5 heteroatoms. The van der Waals surface area contributed by atoms with E-state index < -0.39 is 0 Å². The highest BCUT2D eigenvalue weighted by molar-refractivity contribution is 5.82. The van der Waals surface area contributed by atoms with Gasteiger partial charge in [0.05, 0.1) is 18.3 Å². The van der Waals surface area contributed by atoms with E-state index in [1.54, 1.807) is 0 Å². The van der Waals surface area contributed by atoms with Crippen molar-refractivity contribution < 1.29 is 9.32 Å². The second kappa shape index (κ2) is 4.65. The van der Waals surface area contributed by atoms with Crippen LogP contribution in [0.15, 0.2) is 10.6 Å². The Kier molecular flexibility index (Phi) is 3.24. The molecule has 1 aliphatic heterocycles. The number of nitrogens with zero attached hydrogens (tertiary/aromatic N) is 1. The maximum Gasteiger partial charge on any atom is 0.237 e. The SMILES string of the molecule is Cc1cc(CNC(=O)C2NCCC2C)on1. The zero-order chi connectivity index (χ0) is 11.5. The number of carbonyl (C=O) groups is 1. The first-order chi connectivity index (χ1) is 7.66. The van der Waals surface area contributed by atoms with Crippen molar-refractivity contribution in [1.29, 1.82) is 0 Å². The second-order valence-electron chi connectivity index (χ2n) is 4.35. The molecule has 1 aliphatic rings. The van der Waals surface area contributed by atoms with Crippen LogP contribution in [0.2, 0.25) is 0 Å². The van der Waals surface area contributed by atoms with Gasteiger partial charge in [0.25, 0.3) is 0 Å². The zero-order valence-corrected chi connectivity index (χ0v) is 9.62. The van der Waals surface area contributed by atoms with Gasteiger partial charge in [-0.15, -0.1) is 0 Å². The fourth-order valence-corrected chi connectivity index (χ4v) is 1.97. The van der Waals surface area contributed by atoms with E-state index in [9.17, 15) is 4.79 Å². The molecule has 1 aromatic heterocycles. The largest absolute Gasteiger partial charge is 0.359 e. The van der Waals surface area contributed by atoms with Crippen LogP contribution in [-0.2, 0) is 11.3 Å².